The van der Waals surface area contributed by atoms with Crippen molar-refractivity contribution in [2.24, 2.45) is 0 Å². The fourth-order valence-electron chi connectivity index (χ4n) is 2.82. The zero-order valence-electron chi connectivity index (χ0n) is 17.6. The van der Waals surface area contributed by atoms with Crippen molar-refractivity contribution in [3.05, 3.63) is 21.6 Å². The number of aromatic amines is 1. The standard InChI is InChI=1S/C19H31N5O5/c1-13-14(16(26)23-17(22-13)24-9-11-28-12-10-24)5-6-15(25)20-7-8-21-18(27)29-19(2,3)4/h5-12H2,1-4H3,(H,20,25)(H,21,27)(H,22,23,26). The van der Waals surface area contributed by atoms with E-state index in [1.165, 1.54) is 0 Å². The molecule has 1 aromatic heterocycles. The maximum Gasteiger partial charge on any atom is 0.407 e. The fraction of sp³-hybridized carbons (Fsp3) is 0.684. The van der Waals surface area contributed by atoms with Crippen molar-refractivity contribution in [2.45, 2.75) is 46.1 Å². The number of ether oxygens (including phenoxy) is 2. The summed E-state index contributed by atoms with van der Waals surface area (Å²) in [7, 11) is 0. The lowest BCUT2D eigenvalue weighted by Gasteiger charge is -2.27. The molecule has 29 heavy (non-hydrogen) atoms. The molecular formula is C19H31N5O5. The molecule has 0 saturated carbocycles. The number of H-pyrrole nitrogens is 1. The zero-order valence-corrected chi connectivity index (χ0v) is 17.6. The van der Waals surface area contributed by atoms with Crippen LogP contribution in [0.15, 0.2) is 4.79 Å². The highest BCUT2D eigenvalue weighted by Gasteiger charge is 2.17. The van der Waals surface area contributed by atoms with Gasteiger partial charge in [-0.05, 0) is 34.1 Å². The van der Waals surface area contributed by atoms with Crippen LogP contribution in [0.25, 0.3) is 0 Å². The summed E-state index contributed by atoms with van der Waals surface area (Å²) in [6, 6.07) is 0. The van der Waals surface area contributed by atoms with Crippen molar-refractivity contribution in [1.29, 1.82) is 0 Å². The lowest BCUT2D eigenvalue weighted by Crippen LogP contribution is -2.39. The van der Waals surface area contributed by atoms with Crippen LogP contribution in [0.1, 0.15) is 38.4 Å². The first-order valence-electron chi connectivity index (χ1n) is 9.82. The average Bonchev–Trinajstić information content (AvgIpc) is 2.63. The van der Waals surface area contributed by atoms with Gasteiger partial charge in [-0.15, -0.1) is 0 Å². The number of rotatable bonds is 7. The molecule has 1 aliphatic rings. The maximum atomic E-state index is 12.4. The number of carbonyl (C=O) groups excluding carboxylic acids is 2. The Labute approximate surface area is 170 Å². The average molecular weight is 409 g/mol. The van der Waals surface area contributed by atoms with Crippen molar-refractivity contribution in [1.82, 2.24) is 20.6 Å². The number of alkyl carbamates (subject to hydrolysis) is 1. The zero-order chi connectivity index (χ0) is 21.4. The number of nitrogens with zero attached hydrogens (tertiary/aromatic N) is 2. The molecule has 2 heterocycles. The predicted octanol–water partition coefficient (Wildman–Crippen LogP) is 0.488. The van der Waals surface area contributed by atoms with E-state index >= 15 is 0 Å². The molecule has 0 aliphatic carbocycles. The van der Waals surface area contributed by atoms with Crippen molar-refractivity contribution >= 4 is 17.9 Å². The SMILES string of the molecule is Cc1nc(N2CCOCC2)[nH]c(=O)c1CCC(=O)NCCNC(=O)OC(C)(C)C. The van der Waals surface area contributed by atoms with Crippen LogP contribution in [-0.2, 0) is 20.7 Å². The Balaban J connectivity index is 1.77. The number of carbonyl (C=O) groups is 2. The van der Waals surface area contributed by atoms with Gasteiger partial charge in [0, 0.05) is 43.9 Å². The fourth-order valence-corrected chi connectivity index (χ4v) is 2.82. The third kappa shape index (κ3) is 7.72. The van der Waals surface area contributed by atoms with Crippen LogP contribution in [0.3, 0.4) is 0 Å². The van der Waals surface area contributed by atoms with Gasteiger partial charge in [0.1, 0.15) is 5.60 Å². The van der Waals surface area contributed by atoms with Gasteiger partial charge >= 0.3 is 6.09 Å². The molecule has 0 atom stereocenters. The predicted molar refractivity (Wildman–Crippen MR) is 108 cm³/mol. The van der Waals surface area contributed by atoms with Crippen molar-refractivity contribution < 1.29 is 19.1 Å². The summed E-state index contributed by atoms with van der Waals surface area (Å²) in [5.41, 5.74) is 0.334. The first-order valence-corrected chi connectivity index (χ1v) is 9.82. The molecule has 0 bridgehead atoms. The second kappa shape index (κ2) is 10.2. The Morgan fingerprint density at radius 3 is 2.48 bits per heavy atom. The summed E-state index contributed by atoms with van der Waals surface area (Å²) < 4.78 is 10.4. The van der Waals surface area contributed by atoms with E-state index in [-0.39, 0.29) is 31.0 Å². The summed E-state index contributed by atoms with van der Waals surface area (Å²) in [5.74, 6) is 0.337. The number of aromatic nitrogens is 2. The molecular weight excluding hydrogens is 378 g/mol. The third-order valence-electron chi connectivity index (χ3n) is 4.24. The summed E-state index contributed by atoms with van der Waals surface area (Å²) in [6.45, 7) is 10.2. The summed E-state index contributed by atoms with van der Waals surface area (Å²) >= 11 is 0. The molecule has 0 spiro atoms. The molecule has 10 nitrogen and oxygen atoms in total. The van der Waals surface area contributed by atoms with Crippen molar-refractivity contribution in [3.63, 3.8) is 0 Å². The minimum absolute atomic E-state index is 0.162. The maximum absolute atomic E-state index is 12.4. The topological polar surface area (TPSA) is 126 Å². The molecule has 1 fully saturated rings. The Hall–Kier alpha value is -2.62. The van der Waals surface area contributed by atoms with E-state index in [1.807, 2.05) is 4.90 Å². The Kier molecular flexibility index (Phi) is 8.00. The van der Waals surface area contributed by atoms with Crippen LogP contribution >= 0.6 is 0 Å². The van der Waals surface area contributed by atoms with Gasteiger partial charge in [0.05, 0.1) is 13.2 Å². The van der Waals surface area contributed by atoms with E-state index in [4.69, 9.17) is 9.47 Å². The molecule has 0 radical (unpaired) electrons. The van der Waals surface area contributed by atoms with Crippen LogP contribution in [0, 0.1) is 6.92 Å². The van der Waals surface area contributed by atoms with E-state index in [2.05, 4.69) is 20.6 Å². The lowest BCUT2D eigenvalue weighted by atomic mass is 10.1. The highest BCUT2D eigenvalue weighted by atomic mass is 16.6. The molecule has 1 aliphatic heterocycles. The number of nitrogens with one attached hydrogen (secondary N) is 3. The van der Waals surface area contributed by atoms with Gasteiger partial charge in [-0.25, -0.2) is 9.78 Å². The lowest BCUT2D eigenvalue weighted by molar-refractivity contribution is -0.121. The first-order chi connectivity index (χ1) is 13.7. The van der Waals surface area contributed by atoms with Gasteiger partial charge in [0.2, 0.25) is 11.9 Å². The first kappa shape index (κ1) is 22.7. The highest BCUT2D eigenvalue weighted by Crippen LogP contribution is 2.11. The van der Waals surface area contributed by atoms with Gasteiger partial charge in [-0.2, -0.15) is 0 Å². The largest absolute Gasteiger partial charge is 0.444 e. The van der Waals surface area contributed by atoms with Gasteiger partial charge < -0.3 is 25.0 Å². The molecule has 0 aromatic carbocycles. The van der Waals surface area contributed by atoms with Crippen LogP contribution in [0.5, 0.6) is 0 Å². The number of anilines is 1. The van der Waals surface area contributed by atoms with Crippen LogP contribution in [-0.4, -0.2) is 67.0 Å². The summed E-state index contributed by atoms with van der Waals surface area (Å²) in [4.78, 5) is 45.2. The monoisotopic (exact) mass is 409 g/mol. The van der Waals surface area contributed by atoms with E-state index in [0.29, 0.717) is 49.9 Å². The normalized spacial score (nSPS) is 14.4. The number of morpholine rings is 1. The number of amides is 2. The Bertz CT molecular complexity index is 765. The summed E-state index contributed by atoms with van der Waals surface area (Å²) in [5, 5.41) is 5.28. The number of aryl methyl sites for hydroxylation is 1. The molecule has 162 valence electrons. The summed E-state index contributed by atoms with van der Waals surface area (Å²) in [6.07, 6.45) is -0.0713. The van der Waals surface area contributed by atoms with Gasteiger partial charge in [0.15, 0.2) is 0 Å². The molecule has 1 saturated heterocycles. The van der Waals surface area contributed by atoms with Crippen molar-refractivity contribution in [2.75, 3.05) is 44.3 Å². The highest BCUT2D eigenvalue weighted by molar-refractivity contribution is 5.76. The van der Waals surface area contributed by atoms with E-state index in [1.54, 1.807) is 27.7 Å². The minimum Gasteiger partial charge on any atom is -0.444 e. The number of hydrogen-bond acceptors (Lipinski definition) is 7. The van der Waals surface area contributed by atoms with E-state index < -0.39 is 11.7 Å². The Morgan fingerprint density at radius 2 is 1.86 bits per heavy atom. The van der Waals surface area contributed by atoms with Crippen LogP contribution < -0.4 is 21.1 Å². The number of hydrogen-bond donors (Lipinski definition) is 3. The minimum atomic E-state index is -0.566. The van der Waals surface area contributed by atoms with Gasteiger partial charge in [-0.3, -0.25) is 14.6 Å². The van der Waals surface area contributed by atoms with Gasteiger partial charge in [-0.1, -0.05) is 0 Å². The van der Waals surface area contributed by atoms with Crippen LogP contribution in [0.2, 0.25) is 0 Å². The Morgan fingerprint density at radius 1 is 1.21 bits per heavy atom. The molecule has 0 unspecified atom stereocenters. The molecule has 2 rings (SSSR count). The van der Waals surface area contributed by atoms with E-state index in [0.717, 1.165) is 0 Å². The third-order valence-corrected chi connectivity index (χ3v) is 4.24. The molecule has 3 N–H and O–H groups in total. The molecule has 2 amide bonds. The van der Waals surface area contributed by atoms with Crippen LogP contribution in [0.4, 0.5) is 10.7 Å². The van der Waals surface area contributed by atoms with E-state index in [9.17, 15) is 14.4 Å². The quantitative estimate of drug-likeness (QED) is 0.560. The molecule has 10 heteroatoms. The molecule has 1 aromatic rings. The van der Waals surface area contributed by atoms with Crippen molar-refractivity contribution in [3.8, 4) is 0 Å². The second-order valence-corrected chi connectivity index (χ2v) is 7.83. The smallest absolute Gasteiger partial charge is 0.407 e. The second-order valence-electron chi connectivity index (χ2n) is 7.83. The van der Waals surface area contributed by atoms with Gasteiger partial charge in [0.25, 0.3) is 5.56 Å².